The van der Waals surface area contributed by atoms with Gasteiger partial charge in [-0.15, -0.1) is 0 Å². The Kier molecular flexibility index (Phi) is 5.76. The number of hydrogen-bond acceptors (Lipinski definition) is 6. The zero-order valence-corrected chi connectivity index (χ0v) is 20.5. The third-order valence-corrected chi connectivity index (χ3v) is 6.25. The summed E-state index contributed by atoms with van der Waals surface area (Å²) in [5, 5.41) is 11.2. The number of nitrogens with zero attached hydrogens (tertiary/aromatic N) is 4. The summed E-state index contributed by atoms with van der Waals surface area (Å²) in [5.74, 6) is -0.0422. The number of aromatic amines is 2. The first-order chi connectivity index (χ1) is 18.5. The minimum atomic E-state index is -0.386. The van der Waals surface area contributed by atoms with Gasteiger partial charge in [-0.2, -0.15) is 5.10 Å². The maximum atomic E-state index is 14.2. The summed E-state index contributed by atoms with van der Waals surface area (Å²) in [6, 6.07) is 14.0. The Morgan fingerprint density at radius 1 is 1.08 bits per heavy atom. The SMILES string of the molecule is CCC(=O)Nc1cncc(-c2ccc3[nH]nc(-c4cc5c(-c6cc(F)cc(OC)c6)ccnc5[nH]4)c3n2)c1. The van der Waals surface area contributed by atoms with Crippen LogP contribution in [0.25, 0.3) is 55.8 Å². The number of methoxy groups -OCH3 is 1. The van der Waals surface area contributed by atoms with E-state index in [0.29, 0.717) is 51.7 Å². The number of anilines is 1. The zero-order valence-electron chi connectivity index (χ0n) is 20.5. The molecule has 6 rings (SSSR count). The van der Waals surface area contributed by atoms with Crippen molar-refractivity contribution in [2.75, 3.05) is 12.4 Å². The first-order valence-corrected chi connectivity index (χ1v) is 12.0. The van der Waals surface area contributed by atoms with E-state index in [1.165, 1.54) is 19.2 Å². The fraction of sp³-hybridized carbons (Fsp3) is 0.107. The van der Waals surface area contributed by atoms with Gasteiger partial charge in [0.15, 0.2) is 0 Å². The molecule has 0 saturated heterocycles. The normalized spacial score (nSPS) is 11.2. The molecule has 1 aromatic carbocycles. The van der Waals surface area contributed by atoms with Crippen molar-refractivity contribution in [3.63, 3.8) is 0 Å². The van der Waals surface area contributed by atoms with Gasteiger partial charge in [-0.3, -0.25) is 14.9 Å². The lowest BCUT2D eigenvalue weighted by Gasteiger charge is -2.06. The first kappa shape index (κ1) is 23.3. The van der Waals surface area contributed by atoms with Gasteiger partial charge in [0.1, 0.15) is 28.4 Å². The Morgan fingerprint density at radius 3 is 2.82 bits per heavy atom. The second-order valence-electron chi connectivity index (χ2n) is 8.71. The Labute approximate surface area is 216 Å². The van der Waals surface area contributed by atoms with Crippen molar-refractivity contribution in [1.29, 1.82) is 0 Å². The third-order valence-electron chi connectivity index (χ3n) is 6.25. The molecule has 5 aromatic heterocycles. The lowest BCUT2D eigenvalue weighted by atomic mass is 10.0. The number of pyridine rings is 3. The van der Waals surface area contributed by atoms with Gasteiger partial charge in [0, 0.05) is 35.8 Å². The molecule has 0 fully saturated rings. The van der Waals surface area contributed by atoms with Crippen LogP contribution >= 0.6 is 0 Å². The number of amides is 1. The van der Waals surface area contributed by atoms with Gasteiger partial charge in [-0.05, 0) is 53.6 Å². The fourth-order valence-corrected chi connectivity index (χ4v) is 4.39. The predicted octanol–water partition coefficient (Wildman–Crippen LogP) is 5.73. The lowest BCUT2D eigenvalue weighted by Crippen LogP contribution is -2.09. The van der Waals surface area contributed by atoms with E-state index in [1.54, 1.807) is 31.6 Å². The van der Waals surface area contributed by atoms with E-state index in [2.05, 4.69) is 30.5 Å². The summed E-state index contributed by atoms with van der Waals surface area (Å²) in [4.78, 5) is 28.7. The van der Waals surface area contributed by atoms with E-state index in [1.807, 2.05) is 30.3 Å². The number of carbonyl (C=O) groups excluding carboxylic acids is 1. The second kappa shape index (κ2) is 9.40. The highest BCUT2D eigenvalue weighted by Gasteiger charge is 2.17. The molecule has 38 heavy (non-hydrogen) atoms. The summed E-state index contributed by atoms with van der Waals surface area (Å²) in [5.41, 5.74) is 6.90. The van der Waals surface area contributed by atoms with Crippen LogP contribution in [0.4, 0.5) is 10.1 Å². The summed E-state index contributed by atoms with van der Waals surface area (Å²) in [6.07, 6.45) is 5.34. The molecule has 5 heterocycles. The molecular weight excluding hydrogens is 485 g/mol. The molecule has 3 N–H and O–H groups in total. The van der Waals surface area contributed by atoms with Crippen LogP contribution in [0.1, 0.15) is 13.3 Å². The maximum Gasteiger partial charge on any atom is 0.224 e. The molecular formula is C28H22FN7O2. The number of ether oxygens (including phenoxy) is 1. The van der Waals surface area contributed by atoms with E-state index in [0.717, 1.165) is 22.0 Å². The van der Waals surface area contributed by atoms with Gasteiger partial charge in [0.25, 0.3) is 0 Å². The Bertz CT molecular complexity index is 1830. The van der Waals surface area contributed by atoms with Crippen LogP contribution in [0.3, 0.4) is 0 Å². The first-order valence-electron chi connectivity index (χ1n) is 12.0. The average Bonchev–Trinajstić information content (AvgIpc) is 3.56. The molecule has 10 heteroatoms. The molecule has 0 atom stereocenters. The summed E-state index contributed by atoms with van der Waals surface area (Å²) in [7, 11) is 1.51. The van der Waals surface area contributed by atoms with Crippen LogP contribution in [-0.4, -0.2) is 43.2 Å². The number of nitrogens with one attached hydrogen (secondary N) is 3. The molecule has 0 unspecified atom stereocenters. The van der Waals surface area contributed by atoms with Crippen molar-refractivity contribution in [1.82, 2.24) is 30.1 Å². The number of aromatic nitrogens is 6. The highest BCUT2D eigenvalue weighted by atomic mass is 19.1. The maximum absolute atomic E-state index is 14.2. The van der Waals surface area contributed by atoms with E-state index in [9.17, 15) is 9.18 Å². The van der Waals surface area contributed by atoms with Crippen LogP contribution in [0.2, 0.25) is 0 Å². The number of hydrogen-bond donors (Lipinski definition) is 3. The molecule has 6 aromatic rings. The highest BCUT2D eigenvalue weighted by Crippen LogP contribution is 2.35. The van der Waals surface area contributed by atoms with Crippen LogP contribution < -0.4 is 10.1 Å². The summed E-state index contributed by atoms with van der Waals surface area (Å²) in [6.45, 7) is 1.79. The molecule has 9 nitrogen and oxygen atoms in total. The average molecular weight is 508 g/mol. The standard InChI is InChI=1S/C28H22FN7O2/c1-3-25(37)32-18-9-16(13-30-14-18)22-4-5-23-26(33-22)27(36-35-23)24-12-21-20(6-7-31-28(21)34-24)15-8-17(29)11-19(10-15)38-2/h4-14H,3H2,1-2H3,(H,31,34)(H,32,37)(H,35,36). The van der Waals surface area contributed by atoms with Crippen LogP contribution in [0.15, 0.2) is 67.1 Å². The number of fused-ring (bicyclic) bond motifs is 2. The van der Waals surface area contributed by atoms with E-state index in [-0.39, 0.29) is 11.7 Å². The number of benzene rings is 1. The van der Waals surface area contributed by atoms with Gasteiger partial charge < -0.3 is 15.0 Å². The Hall–Kier alpha value is -5.12. The summed E-state index contributed by atoms with van der Waals surface area (Å²) < 4.78 is 19.5. The van der Waals surface area contributed by atoms with Gasteiger partial charge in [-0.1, -0.05) is 6.92 Å². The van der Waals surface area contributed by atoms with Crippen molar-refractivity contribution in [3.8, 4) is 39.5 Å². The van der Waals surface area contributed by atoms with Crippen LogP contribution in [0.5, 0.6) is 5.75 Å². The van der Waals surface area contributed by atoms with Crippen molar-refractivity contribution in [2.24, 2.45) is 0 Å². The Morgan fingerprint density at radius 2 is 1.97 bits per heavy atom. The van der Waals surface area contributed by atoms with Crippen molar-refractivity contribution in [2.45, 2.75) is 13.3 Å². The van der Waals surface area contributed by atoms with Crippen LogP contribution in [-0.2, 0) is 4.79 Å². The third kappa shape index (κ3) is 4.21. The van der Waals surface area contributed by atoms with Crippen molar-refractivity contribution < 1.29 is 13.9 Å². The molecule has 188 valence electrons. The summed E-state index contributed by atoms with van der Waals surface area (Å²) >= 11 is 0. The smallest absolute Gasteiger partial charge is 0.224 e. The van der Waals surface area contributed by atoms with Crippen LogP contribution in [0, 0.1) is 5.82 Å². The van der Waals surface area contributed by atoms with E-state index in [4.69, 9.17) is 9.72 Å². The number of halogens is 1. The molecule has 0 aliphatic rings. The molecule has 0 aliphatic carbocycles. The monoisotopic (exact) mass is 507 g/mol. The van der Waals surface area contributed by atoms with Gasteiger partial charge in [-0.25, -0.2) is 14.4 Å². The molecule has 0 spiro atoms. The number of carbonyl (C=O) groups is 1. The quantitative estimate of drug-likeness (QED) is 0.265. The number of rotatable bonds is 6. The molecule has 0 bridgehead atoms. The zero-order chi connectivity index (χ0) is 26.2. The van der Waals surface area contributed by atoms with E-state index >= 15 is 0 Å². The van der Waals surface area contributed by atoms with Crippen molar-refractivity contribution in [3.05, 3.63) is 72.9 Å². The second-order valence-corrected chi connectivity index (χ2v) is 8.71. The molecule has 0 radical (unpaired) electrons. The topological polar surface area (TPSA) is 121 Å². The number of H-pyrrole nitrogens is 2. The van der Waals surface area contributed by atoms with Gasteiger partial charge >= 0.3 is 0 Å². The Balaban J connectivity index is 1.43. The van der Waals surface area contributed by atoms with E-state index < -0.39 is 0 Å². The largest absolute Gasteiger partial charge is 0.497 e. The molecule has 0 saturated carbocycles. The van der Waals surface area contributed by atoms with Gasteiger partial charge in [0.05, 0.1) is 35.9 Å². The van der Waals surface area contributed by atoms with Crippen molar-refractivity contribution >= 4 is 33.7 Å². The predicted molar refractivity (Wildman–Crippen MR) is 143 cm³/mol. The molecule has 1 amide bonds. The highest BCUT2D eigenvalue weighted by molar-refractivity contribution is 5.99. The molecule has 0 aliphatic heterocycles. The van der Waals surface area contributed by atoms with Gasteiger partial charge in [0.2, 0.25) is 5.91 Å². The minimum absolute atomic E-state index is 0.0899. The minimum Gasteiger partial charge on any atom is -0.497 e. The fourth-order valence-electron chi connectivity index (χ4n) is 4.39. The lowest BCUT2D eigenvalue weighted by molar-refractivity contribution is -0.115.